The zero-order valence-electron chi connectivity index (χ0n) is 28.3. The largest absolute Gasteiger partial charge is 0.310 e. The normalized spacial score (nSPS) is 12.8. The SMILES string of the molecule is CC1(C)c2ccccc2-c2ccc(N(c3ccccc3)c3ccc(-c4cc(-c5ccccc5)c5ccccc5c4-c4ccccc4)cc3)cc21. The third-order valence-electron chi connectivity index (χ3n) is 10.5. The molecule has 0 heterocycles. The first kappa shape index (κ1) is 29.9. The number of hydrogen-bond donors (Lipinski definition) is 0. The van der Waals surface area contributed by atoms with Crippen molar-refractivity contribution in [2.24, 2.45) is 0 Å². The van der Waals surface area contributed by atoms with Crippen molar-refractivity contribution in [3.8, 4) is 44.5 Å². The van der Waals surface area contributed by atoms with Gasteiger partial charge in [0, 0.05) is 22.5 Å². The number of fused-ring (bicyclic) bond motifs is 4. The topological polar surface area (TPSA) is 3.24 Å². The van der Waals surface area contributed by atoms with Crippen molar-refractivity contribution in [1.29, 1.82) is 0 Å². The van der Waals surface area contributed by atoms with E-state index in [2.05, 4.69) is 207 Å². The van der Waals surface area contributed by atoms with E-state index >= 15 is 0 Å². The third kappa shape index (κ3) is 4.94. The van der Waals surface area contributed by atoms with Crippen LogP contribution in [0.3, 0.4) is 0 Å². The van der Waals surface area contributed by atoms with E-state index in [1.165, 1.54) is 66.4 Å². The molecule has 8 aromatic rings. The number of nitrogens with zero attached hydrogens (tertiary/aromatic N) is 1. The fourth-order valence-corrected chi connectivity index (χ4v) is 8.02. The smallest absolute Gasteiger partial charge is 0.0465 e. The van der Waals surface area contributed by atoms with Crippen LogP contribution in [0.5, 0.6) is 0 Å². The molecule has 0 aliphatic heterocycles. The number of para-hydroxylation sites is 1. The van der Waals surface area contributed by atoms with Gasteiger partial charge in [0.25, 0.3) is 0 Å². The van der Waals surface area contributed by atoms with Gasteiger partial charge >= 0.3 is 0 Å². The Morgan fingerprint density at radius 2 is 0.860 bits per heavy atom. The summed E-state index contributed by atoms with van der Waals surface area (Å²) in [7, 11) is 0. The Balaban J connectivity index is 1.21. The maximum absolute atomic E-state index is 2.40. The molecular weight excluding hydrogens is 603 g/mol. The molecule has 0 spiro atoms. The van der Waals surface area contributed by atoms with Crippen molar-refractivity contribution in [3.63, 3.8) is 0 Å². The number of anilines is 3. The number of benzene rings is 8. The molecule has 0 saturated carbocycles. The summed E-state index contributed by atoms with van der Waals surface area (Å²) in [5.74, 6) is 0. The second kappa shape index (κ2) is 12.1. The first-order valence-electron chi connectivity index (χ1n) is 17.4. The first-order chi connectivity index (χ1) is 24.6. The Bertz CT molecular complexity index is 2480. The lowest BCUT2D eigenvalue weighted by Gasteiger charge is -2.28. The molecule has 8 aromatic carbocycles. The third-order valence-corrected chi connectivity index (χ3v) is 10.5. The first-order valence-corrected chi connectivity index (χ1v) is 17.4. The lowest BCUT2D eigenvalue weighted by atomic mass is 9.82. The Morgan fingerprint density at radius 1 is 0.340 bits per heavy atom. The highest BCUT2D eigenvalue weighted by atomic mass is 15.1. The minimum absolute atomic E-state index is 0.0749. The van der Waals surface area contributed by atoms with Crippen molar-refractivity contribution in [1.82, 2.24) is 0 Å². The van der Waals surface area contributed by atoms with E-state index in [1.807, 2.05) is 0 Å². The molecule has 0 fully saturated rings. The molecule has 0 N–H and O–H groups in total. The van der Waals surface area contributed by atoms with Crippen LogP contribution >= 0.6 is 0 Å². The average molecular weight is 640 g/mol. The van der Waals surface area contributed by atoms with Gasteiger partial charge in [0.1, 0.15) is 0 Å². The molecule has 1 aliphatic carbocycles. The quantitative estimate of drug-likeness (QED) is 0.175. The summed E-state index contributed by atoms with van der Waals surface area (Å²) in [5, 5.41) is 2.52. The zero-order chi connectivity index (χ0) is 33.7. The molecule has 0 unspecified atom stereocenters. The summed E-state index contributed by atoms with van der Waals surface area (Å²) < 4.78 is 0. The lowest BCUT2D eigenvalue weighted by Crippen LogP contribution is -2.16. The predicted octanol–water partition coefficient (Wildman–Crippen LogP) is 13.6. The summed E-state index contributed by atoms with van der Waals surface area (Å²) >= 11 is 0. The molecule has 1 aliphatic rings. The molecule has 1 heteroatoms. The van der Waals surface area contributed by atoms with Gasteiger partial charge in [-0.15, -0.1) is 0 Å². The average Bonchev–Trinajstić information content (AvgIpc) is 3.41. The standard InChI is InChI=1S/C49H37N/c1-49(2)46-25-15-14-23-41(46)42-31-30-39(32-47(42)49)50(37-20-10-5-11-21-37)38-28-26-35(27-29-38)45-33-44(34-16-6-3-7-17-34)40-22-12-13-24-43(40)48(45)36-18-8-4-9-19-36/h3-33H,1-2H3. The van der Waals surface area contributed by atoms with Crippen LogP contribution in [0.2, 0.25) is 0 Å². The fourth-order valence-electron chi connectivity index (χ4n) is 8.02. The highest BCUT2D eigenvalue weighted by Gasteiger charge is 2.35. The summed E-state index contributed by atoms with van der Waals surface area (Å²) in [4.78, 5) is 2.39. The van der Waals surface area contributed by atoms with Gasteiger partial charge in [0.05, 0.1) is 0 Å². The lowest BCUT2D eigenvalue weighted by molar-refractivity contribution is 0.660. The second-order valence-electron chi connectivity index (χ2n) is 13.7. The zero-order valence-corrected chi connectivity index (χ0v) is 28.3. The van der Waals surface area contributed by atoms with Gasteiger partial charge in [-0.3, -0.25) is 0 Å². The molecule has 1 nitrogen and oxygen atoms in total. The molecule has 0 bridgehead atoms. The fraction of sp³-hybridized carbons (Fsp3) is 0.0612. The minimum atomic E-state index is -0.0749. The maximum Gasteiger partial charge on any atom is 0.0465 e. The van der Waals surface area contributed by atoms with Crippen LogP contribution in [0, 0.1) is 0 Å². The van der Waals surface area contributed by atoms with E-state index in [0.717, 1.165) is 17.1 Å². The second-order valence-corrected chi connectivity index (χ2v) is 13.7. The van der Waals surface area contributed by atoms with Crippen LogP contribution in [-0.2, 0) is 5.41 Å². The molecule has 9 rings (SSSR count). The van der Waals surface area contributed by atoms with E-state index in [0.29, 0.717) is 0 Å². The summed E-state index contributed by atoms with van der Waals surface area (Å²) in [6.45, 7) is 4.70. The summed E-state index contributed by atoms with van der Waals surface area (Å²) in [6, 6.07) is 68.5. The van der Waals surface area contributed by atoms with Gasteiger partial charge in [0.2, 0.25) is 0 Å². The van der Waals surface area contributed by atoms with Crippen molar-refractivity contribution >= 4 is 27.8 Å². The molecule has 0 saturated heterocycles. The molecule has 0 amide bonds. The van der Waals surface area contributed by atoms with Crippen molar-refractivity contribution < 1.29 is 0 Å². The minimum Gasteiger partial charge on any atom is -0.310 e. The maximum atomic E-state index is 2.40. The molecular formula is C49H37N. The Labute approximate surface area is 294 Å². The molecule has 50 heavy (non-hydrogen) atoms. The summed E-state index contributed by atoms with van der Waals surface area (Å²) in [6.07, 6.45) is 0. The molecule has 0 aromatic heterocycles. The van der Waals surface area contributed by atoms with Crippen molar-refractivity contribution in [2.45, 2.75) is 19.3 Å². The monoisotopic (exact) mass is 639 g/mol. The number of rotatable bonds is 6. The van der Waals surface area contributed by atoms with Gasteiger partial charge in [-0.1, -0.05) is 159 Å². The van der Waals surface area contributed by atoms with Crippen molar-refractivity contribution in [2.75, 3.05) is 4.90 Å². The highest BCUT2D eigenvalue weighted by molar-refractivity contribution is 6.10. The van der Waals surface area contributed by atoms with Gasteiger partial charge in [-0.25, -0.2) is 0 Å². The van der Waals surface area contributed by atoms with E-state index in [-0.39, 0.29) is 5.41 Å². The Morgan fingerprint density at radius 3 is 1.58 bits per heavy atom. The Hall–Kier alpha value is -6.18. The highest BCUT2D eigenvalue weighted by Crippen LogP contribution is 2.51. The van der Waals surface area contributed by atoms with E-state index in [1.54, 1.807) is 0 Å². The van der Waals surface area contributed by atoms with Crippen LogP contribution in [0.25, 0.3) is 55.3 Å². The van der Waals surface area contributed by atoms with Gasteiger partial charge < -0.3 is 4.90 Å². The molecule has 238 valence electrons. The molecule has 0 atom stereocenters. The van der Waals surface area contributed by atoms with Crippen LogP contribution in [-0.4, -0.2) is 0 Å². The van der Waals surface area contributed by atoms with Crippen LogP contribution in [0.15, 0.2) is 188 Å². The predicted molar refractivity (Wildman–Crippen MR) is 213 cm³/mol. The van der Waals surface area contributed by atoms with Crippen molar-refractivity contribution in [3.05, 3.63) is 199 Å². The van der Waals surface area contributed by atoms with Gasteiger partial charge in [0.15, 0.2) is 0 Å². The van der Waals surface area contributed by atoms with E-state index in [9.17, 15) is 0 Å². The van der Waals surface area contributed by atoms with Crippen LogP contribution in [0.1, 0.15) is 25.0 Å². The van der Waals surface area contributed by atoms with Gasteiger partial charge in [-0.05, 0) is 109 Å². The van der Waals surface area contributed by atoms with Gasteiger partial charge in [-0.2, -0.15) is 0 Å². The number of hydrogen-bond acceptors (Lipinski definition) is 1. The van der Waals surface area contributed by atoms with E-state index < -0.39 is 0 Å². The van der Waals surface area contributed by atoms with Crippen LogP contribution in [0.4, 0.5) is 17.1 Å². The Kier molecular flexibility index (Phi) is 7.21. The van der Waals surface area contributed by atoms with Crippen LogP contribution < -0.4 is 4.90 Å². The van der Waals surface area contributed by atoms with E-state index in [4.69, 9.17) is 0 Å². The molecule has 0 radical (unpaired) electrons. The summed E-state index contributed by atoms with van der Waals surface area (Å²) in [5.41, 5.74) is 16.1.